The number of nitrogens with two attached hydrogens (primary N) is 1. The van der Waals surface area contributed by atoms with Crippen LogP contribution in [0.3, 0.4) is 0 Å². The van der Waals surface area contributed by atoms with Crippen LogP contribution in [0.25, 0.3) is 22.4 Å². The summed E-state index contributed by atoms with van der Waals surface area (Å²) in [5.74, 6) is 0.514. The van der Waals surface area contributed by atoms with Crippen molar-refractivity contribution in [3.63, 3.8) is 0 Å². The lowest BCUT2D eigenvalue weighted by Crippen LogP contribution is -1.95. The Hall–Kier alpha value is -2.20. The Balaban J connectivity index is 2.17. The van der Waals surface area contributed by atoms with Gasteiger partial charge in [-0.15, -0.1) is 0 Å². The Morgan fingerprint density at radius 3 is 2.89 bits per heavy atom. The lowest BCUT2D eigenvalue weighted by molar-refractivity contribution is 0.533. The summed E-state index contributed by atoms with van der Waals surface area (Å²) < 4.78 is 5.55. The molecule has 0 aliphatic heterocycles. The Labute approximate surface area is 111 Å². The molecule has 19 heavy (non-hydrogen) atoms. The van der Waals surface area contributed by atoms with E-state index in [4.69, 9.17) is 10.2 Å². The molecular formula is C15H15N3O. The Morgan fingerprint density at radius 2 is 2.11 bits per heavy atom. The van der Waals surface area contributed by atoms with Gasteiger partial charge in [0.05, 0.1) is 6.54 Å². The van der Waals surface area contributed by atoms with Crippen molar-refractivity contribution < 1.29 is 4.42 Å². The molecule has 0 bridgehead atoms. The van der Waals surface area contributed by atoms with Crippen LogP contribution in [0.4, 0.5) is 0 Å². The number of fused-ring (bicyclic) bond motifs is 1. The summed E-state index contributed by atoms with van der Waals surface area (Å²) in [5.41, 5.74) is 11.5. The maximum atomic E-state index is 5.55. The van der Waals surface area contributed by atoms with Crippen molar-refractivity contribution >= 4 is 11.2 Å². The summed E-state index contributed by atoms with van der Waals surface area (Å²) in [4.78, 5) is 8.54. The minimum atomic E-state index is 0.287. The monoisotopic (exact) mass is 253 g/mol. The third kappa shape index (κ3) is 2.00. The lowest BCUT2D eigenvalue weighted by atomic mass is 9.98. The molecular weight excluding hydrogens is 238 g/mol. The van der Waals surface area contributed by atoms with Gasteiger partial charge < -0.3 is 10.2 Å². The highest BCUT2D eigenvalue weighted by molar-refractivity contribution is 5.77. The quantitative estimate of drug-likeness (QED) is 0.762. The van der Waals surface area contributed by atoms with Gasteiger partial charge in [0.15, 0.2) is 11.2 Å². The number of nitrogens with zero attached hydrogens (tertiary/aromatic N) is 2. The zero-order valence-electron chi connectivity index (χ0n) is 11.0. The normalized spacial score (nSPS) is 11.1. The summed E-state index contributed by atoms with van der Waals surface area (Å²) in [7, 11) is 0. The molecule has 0 aliphatic carbocycles. The minimum absolute atomic E-state index is 0.287. The van der Waals surface area contributed by atoms with E-state index < -0.39 is 0 Å². The predicted octanol–water partition coefficient (Wildman–Crippen LogP) is 2.97. The smallest absolute Gasteiger partial charge is 0.210 e. The zero-order chi connectivity index (χ0) is 13.4. The Morgan fingerprint density at radius 1 is 1.26 bits per heavy atom. The average molecular weight is 253 g/mol. The fraction of sp³-hybridized carbons (Fsp3) is 0.200. The fourth-order valence-electron chi connectivity index (χ4n) is 2.16. The van der Waals surface area contributed by atoms with Crippen molar-refractivity contribution in [1.82, 2.24) is 9.97 Å². The minimum Gasteiger partial charge on any atom is -0.438 e. The van der Waals surface area contributed by atoms with Crippen molar-refractivity contribution in [2.75, 3.05) is 0 Å². The Bertz CT molecular complexity index is 746. The van der Waals surface area contributed by atoms with E-state index in [1.165, 1.54) is 16.7 Å². The highest BCUT2D eigenvalue weighted by atomic mass is 16.3. The van der Waals surface area contributed by atoms with Crippen LogP contribution in [-0.2, 0) is 6.54 Å². The van der Waals surface area contributed by atoms with E-state index in [9.17, 15) is 0 Å². The van der Waals surface area contributed by atoms with Gasteiger partial charge in [-0.1, -0.05) is 18.2 Å². The second-order valence-corrected chi connectivity index (χ2v) is 4.60. The molecule has 0 saturated carbocycles. The maximum Gasteiger partial charge on any atom is 0.210 e. The van der Waals surface area contributed by atoms with Gasteiger partial charge in [-0.05, 0) is 36.6 Å². The van der Waals surface area contributed by atoms with E-state index in [2.05, 4.69) is 35.9 Å². The van der Waals surface area contributed by atoms with Crippen LogP contribution in [0.1, 0.15) is 17.0 Å². The van der Waals surface area contributed by atoms with Crippen molar-refractivity contribution in [2.24, 2.45) is 5.73 Å². The largest absolute Gasteiger partial charge is 0.438 e. The molecule has 0 fully saturated rings. The van der Waals surface area contributed by atoms with Gasteiger partial charge in [0.25, 0.3) is 0 Å². The van der Waals surface area contributed by atoms with Gasteiger partial charge in [-0.3, -0.25) is 0 Å². The van der Waals surface area contributed by atoms with E-state index in [0.29, 0.717) is 17.1 Å². The topological polar surface area (TPSA) is 64.9 Å². The first-order valence-electron chi connectivity index (χ1n) is 6.21. The van der Waals surface area contributed by atoms with E-state index in [-0.39, 0.29) is 6.54 Å². The molecule has 0 radical (unpaired) electrons. The second-order valence-electron chi connectivity index (χ2n) is 4.60. The molecule has 2 N–H and O–H groups in total. The number of pyridine rings is 1. The molecule has 0 amide bonds. The van der Waals surface area contributed by atoms with Gasteiger partial charge in [-0.25, -0.2) is 4.98 Å². The third-order valence-corrected chi connectivity index (χ3v) is 3.38. The Kier molecular flexibility index (Phi) is 2.80. The number of aryl methyl sites for hydroxylation is 1. The highest BCUT2D eigenvalue weighted by Crippen LogP contribution is 2.27. The lowest BCUT2D eigenvalue weighted by Gasteiger charge is -2.07. The highest BCUT2D eigenvalue weighted by Gasteiger charge is 2.09. The molecule has 4 heteroatoms. The van der Waals surface area contributed by atoms with Crippen LogP contribution in [0.5, 0.6) is 0 Å². The molecule has 3 rings (SSSR count). The molecule has 4 nitrogen and oxygen atoms in total. The summed E-state index contributed by atoms with van der Waals surface area (Å²) in [6.45, 7) is 4.50. The van der Waals surface area contributed by atoms with Crippen LogP contribution in [-0.4, -0.2) is 9.97 Å². The number of oxazole rings is 1. The molecule has 2 heterocycles. The molecule has 1 aromatic carbocycles. The summed E-state index contributed by atoms with van der Waals surface area (Å²) in [6.07, 6.45) is 1.83. The van der Waals surface area contributed by atoms with E-state index >= 15 is 0 Å². The molecule has 3 aromatic rings. The van der Waals surface area contributed by atoms with E-state index in [1.54, 1.807) is 0 Å². The zero-order valence-corrected chi connectivity index (χ0v) is 11.0. The van der Waals surface area contributed by atoms with Crippen LogP contribution in [0, 0.1) is 13.8 Å². The second kappa shape index (κ2) is 4.48. The fourth-order valence-corrected chi connectivity index (χ4v) is 2.16. The van der Waals surface area contributed by atoms with Crippen LogP contribution in [0.2, 0.25) is 0 Å². The van der Waals surface area contributed by atoms with Crippen molar-refractivity contribution in [1.29, 1.82) is 0 Å². The molecule has 0 saturated heterocycles. The number of benzene rings is 1. The van der Waals surface area contributed by atoms with Gasteiger partial charge in [0.1, 0.15) is 0 Å². The van der Waals surface area contributed by atoms with Gasteiger partial charge >= 0.3 is 0 Å². The summed E-state index contributed by atoms with van der Waals surface area (Å²) in [5, 5.41) is 0. The third-order valence-electron chi connectivity index (χ3n) is 3.38. The number of hydrogen-bond acceptors (Lipinski definition) is 4. The molecule has 2 aromatic heterocycles. The first-order chi connectivity index (χ1) is 9.19. The molecule has 96 valence electrons. The first kappa shape index (κ1) is 11.9. The van der Waals surface area contributed by atoms with Gasteiger partial charge in [0, 0.05) is 11.8 Å². The predicted molar refractivity (Wildman–Crippen MR) is 74.6 cm³/mol. The molecule has 0 unspecified atom stereocenters. The maximum absolute atomic E-state index is 5.55. The van der Waals surface area contributed by atoms with Crippen LogP contribution < -0.4 is 5.73 Å². The first-order valence-corrected chi connectivity index (χ1v) is 6.21. The number of hydrogen-bond donors (Lipinski definition) is 1. The molecule has 0 spiro atoms. The molecule has 0 atom stereocenters. The van der Waals surface area contributed by atoms with Gasteiger partial charge in [-0.2, -0.15) is 4.98 Å². The standard InChI is InChI=1S/C15H15N3O/c1-9-4-3-5-12(10(9)2)11-6-13-15(17-8-11)18-14(7-16)19-13/h3-6,8H,7,16H2,1-2H3. The molecule has 0 aliphatic rings. The van der Waals surface area contributed by atoms with E-state index in [1.807, 2.05) is 18.3 Å². The summed E-state index contributed by atoms with van der Waals surface area (Å²) in [6, 6.07) is 8.21. The van der Waals surface area contributed by atoms with Gasteiger partial charge in [0.2, 0.25) is 5.89 Å². The number of rotatable bonds is 2. The van der Waals surface area contributed by atoms with Crippen LogP contribution >= 0.6 is 0 Å². The van der Waals surface area contributed by atoms with E-state index in [0.717, 1.165) is 5.56 Å². The SMILES string of the molecule is Cc1cccc(-c2cnc3nc(CN)oc3c2)c1C. The number of aromatic nitrogens is 2. The van der Waals surface area contributed by atoms with Crippen LogP contribution in [0.15, 0.2) is 34.9 Å². The van der Waals surface area contributed by atoms with Crippen molar-refractivity contribution in [3.05, 3.63) is 47.5 Å². The summed E-state index contributed by atoms with van der Waals surface area (Å²) >= 11 is 0. The van der Waals surface area contributed by atoms with Crippen molar-refractivity contribution in [2.45, 2.75) is 20.4 Å². The van der Waals surface area contributed by atoms with Crippen molar-refractivity contribution in [3.8, 4) is 11.1 Å². The average Bonchev–Trinajstić information content (AvgIpc) is 2.84.